The van der Waals surface area contributed by atoms with Crippen LogP contribution < -0.4 is 0 Å². The van der Waals surface area contributed by atoms with Crippen molar-refractivity contribution in [2.24, 2.45) is 0 Å². The van der Waals surface area contributed by atoms with Gasteiger partial charge in [0.1, 0.15) is 23.0 Å². The average Bonchev–Trinajstić information content (AvgIpc) is 2.77. The van der Waals surface area contributed by atoms with Crippen LogP contribution in [0.1, 0.15) is 17.6 Å². The van der Waals surface area contributed by atoms with Crippen LogP contribution in [0.3, 0.4) is 0 Å². The predicted octanol–water partition coefficient (Wildman–Crippen LogP) is 2.33. The Morgan fingerprint density at radius 2 is 1.89 bits per heavy atom. The van der Waals surface area contributed by atoms with Crippen molar-refractivity contribution >= 4 is 5.97 Å². The Bertz CT molecular complexity index is 604. The summed E-state index contributed by atoms with van der Waals surface area (Å²) in [6.07, 6.45) is 0. The maximum atomic E-state index is 13.4. The maximum absolute atomic E-state index is 13.4. The molecule has 8 heteroatoms. The first-order chi connectivity index (χ1) is 9.02. The predicted molar refractivity (Wildman–Crippen MR) is 55.6 cm³/mol. The second kappa shape index (κ2) is 5.09. The number of esters is 1. The van der Waals surface area contributed by atoms with Crippen LogP contribution >= 0.6 is 0 Å². The lowest BCUT2D eigenvalue weighted by atomic mass is 10.2. The molecule has 0 aliphatic heterocycles. The van der Waals surface area contributed by atoms with Crippen LogP contribution in [0.5, 0.6) is 0 Å². The molecule has 100 valence electrons. The van der Waals surface area contributed by atoms with Gasteiger partial charge in [0.2, 0.25) is 0 Å². The molecule has 0 aliphatic carbocycles. The van der Waals surface area contributed by atoms with Gasteiger partial charge in [0.25, 0.3) is 5.89 Å². The van der Waals surface area contributed by atoms with Gasteiger partial charge in [-0.15, -0.1) is 10.2 Å². The molecule has 0 radical (unpaired) electrons. The summed E-state index contributed by atoms with van der Waals surface area (Å²) < 4.78 is 49.0. The molecule has 0 amide bonds. The molecule has 1 aromatic heterocycles. The van der Waals surface area contributed by atoms with Gasteiger partial charge < -0.3 is 9.15 Å². The Morgan fingerprint density at radius 1 is 1.26 bits per heavy atom. The van der Waals surface area contributed by atoms with Crippen LogP contribution in [-0.2, 0) is 4.74 Å². The number of hydrogen-bond acceptors (Lipinski definition) is 5. The highest BCUT2D eigenvalue weighted by Crippen LogP contribution is 2.25. The lowest BCUT2D eigenvalue weighted by molar-refractivity contribution is 0.0481. The average molecular weight is 272 g/mol. The summed E-state index contributed by atoms with van der Waals surface area (Å²) in [6, 6.07) is 0.930. The van der Waals surface area contributed by atoms with E-state index < -0.39 is 40.8 Å². The van der Waals surface area contributed by atoms with Gasteiger partial charge in [0.05, 0.1) is 6.61 Å². The lowest BCUT2D eigenvalue weighted by Gasteiger charge is -2.00. The van der Waals surface area contributed by atoms with Crippen molar-refractivity contribution in [3.05, 3.63) is 35.5 Å². The molecule has 0 saturated heterocycles. The molecular weight excluding hydrogens is 265 g/mol. The van der Waals surface area contributed by atoms with E-state index in [-0.39, 0.29) is 6.61 Å². The van der Waals surface area contributed by atoms with Crippen molar-refractivity contribution in [2.45, 2.75) is 6.92 Å². The number of hydrogen-bond donors (Lipinski definition) is 0. The van der Waals surface area contributed by atoms with Crippen molar-refractivity contribution in [2.75, 3.05) is 6.61 Å². The third kappa shape index (κ3) is 2.56. The van der Waals surface area contributed by atoms with E-state index >= 15 is 0 Å². The molecule has 0 saturated carbocycles. The van der Waals surface area contributed by atoms with Crippen molar-refractivity contribution < 1.29 is 27.1 Å². The number of benzene rings is 1. The molecule has 1 aromatic carbocycles. The Morgan fingerprint density at radius 3 is 2.47 bits per heavy atom. The van der Waals surface area contributed by atoms with E-state index in [2.05, 4.69) is 14.9 Å². The first kappa shape index (κ1) is 13.1. The number of ether oxygens (including phenoxy) is 1. The SMILES string of the molecule is CCOC(=O)c1nnc(-c2c(F)cc(F)cc2F)o1. The van der Waals surface area contributed by atoms with Crippen molar-refractivity contribution in [3.63, 3.8) is 0 Å². The molecule has 1 heterocycles. The van der Waals surface area contributed by atoms with E-state index in [0.717, 1.165) is 0 Å². The van der Waals surface area contributed by atoms with Gasteiger partial charge in [-0.25, -0.2) is 18.0 Å². The molecule has 2 rings (SSSR count). The van der Waals surface area contributed by atoms with Crippen LogP contribution in [0.15, 0.2) is 16.5 Å². The van der Waals surface area contributed by atoms with E-state index in [9.17, 15) is 18.0 Å². The van der Waals surface area contributed by atoms with Crippen molar-refractivity contribution in [1.82, 2.24) is 10.2 Å². The van der Waals surface area contributed by atoms with E-state index in [1.807, 2.05) is 0 Å². The van der Waals surface area contributed by atoms with E-state index in [1.165, 1.54) is 0 Å². The highest BCUT2D eigenvalue weighted by molar-refractivity contribution is 5.84. The highest BCUT2D eigenvalue weighted by atomic mass is 19.1. The summed E-state index contributed by atoms with van der Waals surface area (Å²) in [5, 5.41) is 6.62. The van der Waals surface area contributed by atoms with Gasteiger partial charge in [-0.05, 0) is 6.92 Å². The Balaban J connectivity index is 2.41. The summed E-state index contributed by atoms with van der Waals surface area (Å²) in [5.74, 6) is -5.53. The molecule has 5 nitrogen and oxygen atoms in total. The molecule has 0 atom stereocenters. The Hall–Kier alpha value is -2.38. The summed E-state index contributed by atoms with van der Waals surface area (Å²) >= 11 is 0. The summed E-state index contributed by atoms with van der Waals surface area (Å²) in [7, 11) is 0. The monoisotopic (exact) mass is 272 g/mol. The van der Waals surface area contributed by atoms with Crippen LogP contribution in [0.2, 0.25) is 0 Å². The zero-order chi connectivity index (χ0) is 14.0. The van der Waals surface area contributed by atoms with Crippen LogP contribution in [-0.4, -0.2) is 22.8 Å². The number of rotatable bonds is 3. The fraction of sp³-hybridized carbons (Fsp3) is 0.182. The standard InChI is InChI=1S/C11H7F3N2O3/c1-2-18-11(17)10-16-15-9(19-10)8-6(13)3-5(12)4-7(8)14/h3-4H,2H2,1H3. The molecule has 2 aromatic rings. The van der Waals surface area contributed by atoms with Crippen molar-refractivity contribution in [1.29, 1.82) is 0 Å². The van der Waals surface area contributed by atoms with Crippen molar-refractivity contribution in [3.8, 4) is 11.5 Å². The zero-order valence-corrected chi connectivity index (χ0v) is 9.61. The Kier molecular flexibility index (Phi) is 3.50. The second-order valence-electron chi connectivity index (χ2n) is 3.38. The minimum Gasteiger partial charge on any atom is -0.459 e. The molecule has 0 N–H and O–H groups in total. The zero-order valence-electron chi connectivity index (χ0n) is 9.61. The fourth-order valence-electron chi connectivity index (χ4n) is 1.35. The number of carbonyl (C=O) groups excluding carboxylic acids is 1. The first-order valence-electron chi connectivity index (χ1n) is 5.18. The molecule has 0 spiro atoms. The van der Waals surface area contributed by atoms with Gasteiger partial charge in [-0.3, -0.25) is 0 Å². The summed E-state index contributed by atoms with van der Waals surface area (Å²) in [4.78, 5) is 11.2. The molecule has 0 unspecified atom stereocenters. The largest absolute Gasteiger partial charge is 0.459 e. The highest BCUT2D eigenvalue weighted by Gasteiger charge is 2.22. The van der Waals surface area contributed by atoms with Gasteiger partial charge in [0.15, 0.2) is 0 Å². The smallest absolute Gasteiger partial charge is 0.396 e. The minimum absolute atomic E-state index is 0.0792. The normalized spacial score (nSPS) is 10.5. The lowest BCUT2D eigenvalue weighted by Crippen LogP contribution is -2.04. The van der Waals surface area contributed by atoms with Gasteiger partial charge in [-0.2, -0.15) is 0 Å². The van der Waals surface area contributed by atoms with E-state index in [0.29, 0.717) is 12.1 Å². The second-order valence-corrected chi connectivity index (χ2v) is 3.38. The van der Waals surface area contributed by atoms with Gasteiger partial charge in [-0.1, -0.05) is 0 Å². The van der Waals surface area contributed by atoms with Crippen LogP contribution in [0, 0.1) is 17.5 Å². The number of aromatic nitrogens is 2. The third-order valence-corrected chi connectivity index (χ3v) is 2.10. The summed E-state index contributed by atoms with van der Waals surface area (Å²) in [6.45, 7) is 1.64. The quantitative estimate of drug-likeness (QED) is 0.802. The van der Waals surface area contributed by atoms with E-state index in [4.69, 9.17) is 4.42 Å². The van der Waals surface area contributed by atoms with Crippen LogP contribution in [0.4, 0.5) is 13.2 Å². The molecule has 0 bridgehead atoms. The topological polar surface area (TPSA) is 65.2 Å². The van der Waals surface area contributed by atoms with Crippen LogP contribution in [0.25, 0.3) is 11.5 Å². The summed E-state index contributed by atoms with van der Waals surface area (Å²) in [5.41, 5.74) is -0.704. The number of carbonyl (C=O) groups is 1. The first-order valence-corrected chi connectivity index (χ1v) is 5.18. The number of halogens is 3. The third-order valence-electron chi connectivity index (χ3n) is 2.10. The molecular formula is C11H7F3N2O3. The molecule has 19 heavy (non-hydrogen) atoms. The van der Waals surface area contributed by atoms with Gasteiger partial charge >= 0.3 is 11.9 Å². The number of nitrogens with zero attached hydrogens (tertiary/aromatic N) is 2. The fourth-order valence-corrected chi connectivity index (χ4v) is 1.35. The maximum Gasteiger partial charge on any atom is 0.396 e. The molecule has 0 aliphatic rings. The Labute approximate surface area is 105 Å². The van der Waals surface area contributed by atoms with Gasteiger partial charge in [0, 0.05) is 12.1 Å². The molecule has 0 fully saturated rings. The van der Waals surface area contributed by atoms with E-state index in [1.54, 1.807) is 6.92 Å². The minimum atomic E-state index is -1.21.